The van der Waals surface area contributed by atoms with Crippen LogP contribution in [-0.2, 0) is 9.59 Å². The Hall–Kier alpha value is -2.48. The smallest absolute Gasteiger partial charge is 0.249 e. The summed E-state index contributed by atoms with van der Waals surface area (Å²) in [4.78, 5) is 27.0. The quantitative estimate of drug-likeness (QED) is 0.648. The van der Waals surface area contributed by atoms with Crippen molar-refractivity contribution in [2.45, 2.75) is 46.6 Å². The maximum atomic E-state index is 12.8. The minimum absolute atomic E-state index is 0.0112. The number of aromatic nitrogens is 2. The number of anilines is 2. The lowest BCUT2D eigenvalue weighted by atomic mass is 9.97. The number of hydrogen-bond donors (Lipinski definition) is 2. The van der Waals surface area contributed by atoms with E-state index in [1.165, 1.54) is 11.3 Å². The van der Waals surface area contributed by atoms with Crippen LogP contribution in [0.1, 0.15) is 40.5 Å². The molecule has 2 rings (SSSR count). The van der Waals surface area contributed by atoms with Crippen LogP contribution >= 0.6 is 11.3 Å². The van der Waals surface area contributed by atoms with Crippen molar-refractivity contribution < 1.29 is 9.59 Å². The second-order valence-electron chi connectivity index (χ2n) is 7.87. The van der Waals surface area contributed by atoms with E-state index in [9.17, 15) is 9.59 Å². The van der Waals surface area contributed by atoms with E-state index in [1.54, 1.807) is 0 Å². The van der Waals surface area contributed by atoms with Gasteiger partial charge in [-0.25, -0.2) is 0 Å². The van der Waals surface area contributed by atoms with E-state index < -0.39 is 6.04 Å². The van der Waals surface area contributed by atoms with Gasteiger partial charge in [-0.15, -0.1) is 10.2 Å². The molecular formula is C21H31N5O2S. The zero-order valence-corrected chi connectivity index (χ0v) is 18.8. The van der Waals surface area contributed by atoms with Gasteiger partial charge in [-0.2, -0.15) is 0 Å². The first-order chi connectivity index (χ1) is 13.7. The highest BCUT2D eigenvalue weighted by Gasteiger charge is 2.27. The van der Waals surface area contributed by atoms with Crippen LogP contribution in [0.2, 0.25) is 0 Å². The van der Waals surface area contributed by atoms with E-state index in [1.807, 2.05) is 71.0 Å². The Morgan fingerprint density at radius 2 is 1.76 bits per heavy atom. The number of carbonyl (C=O) groups excluding carboxylic acids is 2. The summed E-state index contributed by atoms with van der Waals surface area (Å²) in [6.45, 7) is 7.91. The summed E-state index contributed by atoms with van der Waals surface area (Å²) in [7, 11) is 3.97. The second kappa shape index (κ2) is 10.3. The van der Waals surface area contributed by atoms with Crippen molar-refractivity contribution in [2.75, 3.05) is 24.3 Å². The average molecular weight is 418 g/mol. The standard InChI is InChI=1S/C21H31N5O2S/c1-7-14(4)18(22-17(27)12-13(2)3)19(28)23-21-25-24-20(29-21)15-8-10-16(11-9-15)26(5)6/h8-11,13-14,18H,7,12H2,1-6H3,(H,22,27)(H,23,25,28)/t14-,18+/m1/s1. The van der Waals surface area contributed by atoms with Crippen molar-refractivity contribution in [1.29, 1.82) is 0 Å². The Bertz CT molecular complexity index is 817. The topological polar surface area (TPSA) is 87.2 Å². The summed E-state index contributed by atoms with van der Waals surface area (Å²) in [5.74, 6) is -0.126. The molecule has 0 bridgehead atoms. The third kappa shape index (κ3) is 6.52. The SMILES string of the molecule is CC[C@@H](C)[C@H](NC(=O)CC(C)C)C(=O)Nc1nnc(-c2ccc(N(C)C)cc2)s1. The molecule has 0 saturated carbocycles. The van der Waals surface area contributed by atoms with Gasteiger partial charge in [0.25, 0.3) is 0 Å². The van der Waals surface area contributed by atoms with E-state index in [0.717, 1.165) is 22.7 Å². The molecule has 2 atom stereocenters. The largest absolute Gasteiger partial charge is 0.378 e. The number of nitrogens with one attached hydrogen (secondary N) is 2. The monoisotopic (exact) mass is 417 g/mol. The van der Waals surface area contributed by atoms with Gasteiger partial charge in [0.1, 0.15) is 11.0 Å². The molecule has 1 aromatic heterocycles. The maximum absolute atomic E-state index is 12.8. The molecule has 0 fully saturated rings. The Labute approximate surface area is 176 Å². The summed E-state index contributed by atoms with van der Waals surface area (Å²) in [6.07, 6.45) is 1.17. The molecule has 29 heavy (non-hydrogen) atoms. The molecule has 1 aromatic carbocycles. The minimum Gasteiger partial charge on any atom is -0.378 e. The van der Waals surface area contributed by atoms with Gasteiger partial charge in [-0.05, 0) is 36.1 Å². The number of carbonyl (C=O) groups is 2. The molecule has 2 amide bonds. The summed E-state index contributed by atoms with van der Waals surface area (Å²) in [6, 6.07) is 7.39. The predicted octanol–water partition coefficient (Wildman–Crippen LogP) is 3.79. The van der Waals surface area contributed by atoms with Gasteiger partial charge in [-0.3, -0.25) is 14.9 Å². The maximum Gasteiger partial charge on any atom is 0.249 e. The lowest BCUT2D eigenvalue weighted by Gasteiger charge is -2.23. The van der Waals surface area contributed by atoms with Gasteiger partial charge < -0.3 is 10.2 Å². The Morgan fingerprint density at radius 1 is 1.10 bits per heavy atom. The number of nitrogens with zero attached hydrogens (tertiary/aromatic N) is 3. The van der Waals surface area contributed by atoms with Crippen LogP contribution in [0.3, 0.4) is 0 Å². The van der Waals surface area contributed by atoms with Crippen LogP contribution in [0.5, 0.6) is 0 Å². The molecule has 0 radical (unpaired) electrons. The van der Waals surface area contributed by atoms with Crippen molar-refractivity contribution >= 4 is 34.0 Å². The first-order valence-corrected chi connectivity index (χ1v) is 10.7. The van der Waals surface area contributed by atoms with Crippen LogP contribution < -0.4 is 15.5 Å². The number of rotatable bonds is 9. The average Bonchev–Trinajstić information content (AvgIpc) is 3.13. The van der Waals surface area contributed by atoms with Crippen molar-refractivity contribution in [3.63, 3.8) is 0 Å². The van der Waals surface area contributed by atoms with E-state index in [0.29, 0.717) is 11.6 Å². The fourth-order valence-corrected chi connectivity index (χ4v) is 3.53. The molecule has 0 unspecified atom stereocenters. The van der Waals surface area contributed by atoms with E-state index in [4.69, 9.17) is 0 Å². The van der Waals surface area contributed by atoms with Crippen LogP contribution in [0.25, 0.3) is 10.6 Å². The first kappa shape index (κ1) is 22.8. The molecule has 0 aliphatic carbocycles. The molecule has 0 saturated heterocycles. The zero-order valence-electron chi connectivity index (χ0n) is 18.0. The van der Waals surface area contributed by atoms with Crippen LogP contribution in [0.15, 0.2) is 24.3 Å². The Kier molecular flexibility index (Phi) is 8.13. The van der Waals surface area contributed by atoms with Crippen LogP contribution in [0.4, 0.5) is 10.8 Å². The van der Waals surface area contributed by atoms with Crippen LogP contribution in [-0.4, -0.2) is 42.1 Å². The summed E-state index contributed by atoms with van der Waals surface area (Å²) in [5, 5.41) is 15.1. The van der Waals surface area contributed by atoms with E-state index in [-0.39, 0.29) is 23.7 Å². The van der Waals surface area contributed by atoms with Gasteiger partial charge in [-0.1, -0.05) is 45.5 Å². The first-order valence-electron chi connectivity index (χ1n) is 9.92. The Morgan fingerprint density at radius 3 is 2.31 bits per heavy atom. The lowest BCUT2D eigenvalue weighted by molar-refractivity contribution is -0.128. The number of amides is 2. The van der Waals surface area contributed by atoms with Gasteiger partial charge in [0, 0.05) is 31.8 Å². The molecule has 8 heteroatoms. The number of hydrogen-bond acceptors (Lipinski definition) is 6. The highest BCUT2D eigenvalue weighted by Crippen LogP contribution is 2.28. The fraction of sp³-hybridized carbons (Fsp3) is 0.524. The third-order valence-corrected chi connectivity index (χ3v) is 5.58. The molecule has 0 aliphatic rings. The summed E-state index contributed by atoms with van der Waals surface area (Å²) in [5.41, 5.74) is 2.04. The van der Waals surface area contributed by atoms with Gasteiger partial charge in [0.05, 0.1) is 0 Å². The molecule has 0 spiro atoms. The molecule has 2 aromatic rings. The van der Waals surface area contributed by atoms with Crippen molar-refractivity contribution in [3.05, 3.63) is 24.3 Å². The molecule has 1 heterocycles. The highest BCUT2D eigenvalue weighted by atomic mass is 32.1. The molecule has 7 nitrogen and oxygen atoms in total. The van der Waals surface area contributed by atoms with Gasteiger partial charge in [0.15, 0.2) is 0 Å². The van der Waals surface area contributed by atoms with E-state index >= 15 is 0 Å². The highest BCUT2D eigenvalue weighted by molar-refractivity contribution is 7.18. The molecular weight excluding hydrogens is 386 g/mol. The van der Waals surface area contributed by atoms with E-state index in [2.05, 4.69) is 20.8 Å². The third-order valence-electron chi connectivity index (χ3n) is 4.69. The zero-order chi connectivity index (χ0) is 21.6. The lowest BCUT2D eigenvalue weighted by Crippen LogP contribution is -2.47. The van der Waals surface area contributed by atoms with Crippen molar-refractivity contribution in [1.82, 2.24) is 15.5 Å². The second-order valence-corrected chi connectivity index (χ2v) is 8.85. The molecule has 2 N–H and O–H groups in total. The van der Waals surface area contributed by atoms with Crippen molar-refractivity contribution in [3.8, 4) is 10.6 Å². The number of benzene rings is 1. The van der Waals surface area contributed by atoms with Crippen molar-refractivity contribution in [2.24, 2.45) is 11.8 Å². The minimum atomic E-state index is -0.599. The Balaban J connectivity index is 2.08. The van der Waals surface area contributed by atoms with Crippen LogP contribution in [0, 0.1) is 11.8 Å². The normalized spacial score (nSPS) is 13.1. The molecule has 0 aliphatic heterocycles. The summed E-state index contributed by atoms with van der Waals surface area (Å²) >= 11 is 1.31. The molecule has 158 valence electrons. The summed E-state index contributed by atoms with van der Waals surface area (Å²) < 4.78 is 0. The van der Waals surface area contributed by atoms with Gasteiger partial charge in [0.2, 0.25) is 16.9 Å². The van der Waals surface area contributed by atoms with Gasteiger partial charge >= 0.3 is 0 Å². The predicted molar refractivity (Wildman–Crippen MR) is 119 cm³/mol. The fourth-order valence-electron chi connectivity index (χ4n) is 2.78.